The van der Waals surface area contributed by atoms with E-state index < -0.39 is 11.4 Å². The summed E-state index contributed by atoms with van der Waals surface area (Å²) >= 11 is 1.55. The van der Waals surface area contributed by atoms with Crippen molar-refractivity contribution in [3.8, 4) is 0 Å². The fourth-order valence-electron chi connectivity index (χ4n) is 1.97. The van der Waals surface area contributed by atoms with Gasteiger partial charge >= 0.3 is 5.97 Å². The van der Waals surface area contributed by atoms with Gasteiger partial charge in [-0.05, 0) is 36.8 Å². The third-order valence-electron chi connectivity index (χ3n) is 2.96. The summed E-state index contributed by atoms with van der Waals surface area (Å²) in [6.45, 7) is 3.08. The zero-order valence-electron chi connectivity index (χ0n) is 8.66. The maximum Gasteiger partial charge on any atom is 0.315 e. The highest BCUT2D eigenvalue weighted by Gasteiger charge is 2.42. The lowest BCUT2D eigenvalue weighted by atomic mass is 9.79. The molecule has 0 unspecified atom stereocenters. The summed E-state index contributed by atoms with van der Waals surface area (Å²) in [4.78, 5) is 12.4. The number of aryl methyl sites for hydroxylation is 1. The third-order valence-corrected chi connectivity index (χ3v) is 4.21. The van der Waals surface area contributed by atoms with E-state index in [4.69, 9.17) is 4.74 Å². The number of carbonyl (C=O) groups is 1. The molecule has 1 N–H and O–H groups in total. The van der Waals surface area contributed by atoms with Crippen molar-refractivity contribution in [3.05, 3.63) is 21.9 Å². The van der Waals surface area contributed by atoms with Gasteiger partial charge in [-0.3, -0.25) is 4.79 Å². The molecule has 3 nitrogen and oxygen atoms in total. The van der Waals surface area contributed by atoms with Crippen molar-refractivity contribution in [2.24, 2.45) is 0 Å². The Hall–Kier alpha value is -0.870. The van der Waals surface area contributed by atoms with Crippen LogP contribution in [-0.2, 0) is 14.9 Å². The minimum absolute atomic E-state index is 0.545. The van der Waals surface area contributed by atoms with E-state index in [1.54, 1.807) is 11.3 Å². The second kappa shape index (κ2) is 3.94. The lowest BCUT2D eigenvalue weighted by Crippen LogP contribution is -2.40. The molecule has 2 rings (SSSR count). The molecule has 0 spiro atoms. The maximum absolute atomic E-state index is 11.4. The molecule has 0 saturated carbocycles. The third kappa shape index (κ3) is 1.79. The predicted octanol–water partition coefficient (Wildman–Crippen LogP) is 2.19. The number of hydrogen-bond donors (Lipinski definition) is 1. The first-order valence-electron chi connectivity index (χ1n) is 5.02. The van der Waals surface area contributed by atoms with Gasteiger partial charge in [-0.1, -0.05) is 0 Å². The van der Waals surface area contributed by atoms with Crippen LogP contribution >= 0.6 is 11.3 Å². The van der Waals surface area contributed by atoms with Gasteiger partial charge in [0.1, 0.15) is 5.41 Å². The molecular formula is C11H14O3S. The second-order valence-corrected chi connectivity index (χ2v) is 4.90. The zero-order valence-corrected chi connectivity index (χ0v) is 9.47. The number of aliphatic carboxylic acids is 1. The van der Waals surface area contributed by atoms with E-state index in [9.17, 15) is 9.90 Å². The number of ether oxygens (including phenoxy) is 1. The first-order chi connectivity index (χ1) is 7.15. The quantitative estimate of drug-likeness (QED) is 0.840. The Kier molecular flexibility index (Phi) is 2.80. The molecule has 1 aromatic rings. The van der Waals surface area contributed by atoms with Crippen LogP contribution in [0.25, 0.3) is 0 Å². The van der Waals surface area contributed by atoms with E-state index in [0.29, 0.717) is 26.1 Å². The maximum atomic E-state index is 11.4. The Balaban J connectivity index is 2.37. The minimum Gasteiger partial charge on any atom is -0.481 e. The zero-order chi connectivity index (χ0) is 10.9. The van der Waals surface area contributed by atoms with Gasteiger partial charge < -0.3 is 9.84 Å². The molecule has 82 valence electrons. The van der Waals surface area contributed by atoms with Gasteiger partial charge in [0.05, 0.1) is 0 Å². The van der Waals surface area contributed by atoms with Crippen LogP contribution in [0.3, 0.4) is 0 Å². The molecule has 1 fully saturated rings. The van der Waals surface area contributed by atoms with Gasteiger partial charge in [-0.25, -0.2) is 0 Å². The van der Waals surface area contributed by atoms with Crippen LogP contribution < -0.4 is 0 Å². The van der Waals surface area contributed by atoms with Crippen molar-refractivity contribution in [1.82, 2.24) is 0 Å². The molecule has 0 bridgehead atoms. The van der Waals surface area contributed by atoms with Crippen molar-refractivity contribution in [2.75, 3.05) is 13.2 Å². The molecule has 1 aliphatic heterocycles. The Morgan fingerprint density at radius 2 is 2.20 bits per heavy atom. The lowest BCUT2D eigenvalue weighted by molar-refractivity contribution is -0.147. The molecule has 0 aliphatic carbocycles. The van der Waals surface area contributed by atoms with E-state index in [0.717, 1.165) is 10.4 Å². The highest BCUT2D eigenvalue weighted by Crippen LogP contribution is 2.38. The highest BCUT2D eigenvalue weighted by molar-refractivity contribution is 7.10. The van der Waals surface area contributed by atoms with Gasteiger partial charge in [-0.2, -0.15) is 0 Å². The van der Waals surface area contributed by atoms with E-state index in [1.807, 2.05) is 18.4 Å². The fraction of sp³-hybridized carbons (Fsp3) is 0.545. The monoisotopic (exact) mass is 226 g/mol. The van der Waals surface area contributed by atoms with E-state index in [2.05, 4.69) is 0 Å². The highest BCUT2D eigenvalue weighted by atomic mass is 32.1. The molecule has 0 atom stereocenters. The van der Waals surface area contributed by atoms with Gasteiger partial charge in [-0.15, -0.1) is 11.3 Å². The Labute approximate surface area is 92.7 Å². The molecule has 1 saturated heterocycles. The summed E-state index contributed by atoms with van der Waals surface area (Å²) in [6.07, 6.45) is 1.17. The number of carboxylic acids is 1. The van der Waals surface area contributed by atoms with Crippen LogP contribution in [0.2, 0.25) is 0 Å². The molecule has 4 heteroatoms. The topological polar surface area (TPSA) is 46.5 Å². The summed E-state index contributed by atoms with van der Waals surface area (Å²) in [5, 5.41) is 11.4. The van der Waals surface area contributed by atoms with Crippen LogP contribution in [0.5, 0.6) is 0 Å². The van der Waals surface area contributed by atoms with E-state index in [-0.39, 0.29) is 0 Å². The van der Waals surface area contributed by atoms with Crippen LogP contribution in [0.15, 0.2) is 11.4 Å². The summed E-state index contributed by atoms with van der Waals surface area (Å²) in [5.41, 5.74) is 0.444. The number of rotatable bonds is 2. The van der Waals surface area contributed by atoms with E-state index in [1.165, 1.54) is 0 Å². The summed E-state index contributed by atoms with van der Waals surface area (Å²) in [7, 11) is 0. The van der Waals surface area contributed by atoms with Crippen molar-refractivity contribution in [1.29, 1.82) is 0 Å². The first-order valence-corrected chi connectivity index (χ1v) is 5.90. The average molecular weight is 226 g/mol. The van der Waals surface area contributed by atoms with Crippen molar-refractivity contribution in [2.45, 2.75) is 25.2 Å². The van der Waals surface area contributed by atoms with Gasteiger partial charge in [0.2, 0.25) is 0 Å². The Bertz CT molecular complexity index is 364. The standard InChI is InChI=1S/C11H14O3S/c1-8-6-9(15-7-8)11(10(12)13)2-4-14-5-3-11/h6-7H,2-5H2,1H3,(H,12,13). The molecule has 2 heterocycles. The average Bonchev–Trinajstić information content (AvgIpc) is 2.66. The minimum atomic E-state index is -0.715. The molecule has 1 aliphatic rings. The summed E-state index contributed by atoms with van der Waals surface area (Å²) in [6, 6.07) is 1.99. The Morgan fingerprint density at radius 3 is 2.67 bits per heavy atom. The van der Waals surface area contributed by atoms with Gasteiger partial charge in [0.15, 0.2) is 0 Å². The largest absolute Gasteiger partial charge is 0.481 e. The number of thiophene rings is 1. The summed E-state index contributed by atoms with van der Waals surface area (Å²) < 4.78 is 5.24. The lowest BCUT2D eigenvalue weighted by Gasteiger charge is -2.32. The van der Waals surface area contributed by atoms with Gasteiger partial charge in [0.25, 0.3) is 0 Å². The molecule has 0 radical (unpaired) electrons. The smallest absolute Gasteiger partial charge is 0.315 e. The van der Waals surface area contributed by atoms with Crippen molar-refractivity contribution in [3.63, 3.8) is 0 Å². The second-order valence-electron chi connectivity index (χ2n) is 3.99. The van der Waals surface area contributed by atoms with Gasteiger partial charge in [0, 0.05) is 18.1 Å². The normalized spacial score (nSPS) is 20.1. The number of hydrogen-bond acceptors (Lipinski definition) is 3. The molecular weight excluding hydrogens is 212 g/mol. The Morgan fingerprint density at radius 1 is 1.53 bits per heavy atom. The first kappa shape index (κ1) is 10.6. The summed E-state index contributed by atoms with van der Waals surface area (Å²) in [5.74, 6) is -0.715. The predicted molar refractivity (Wildman–Crippen MR) is 58.4 cm³/mol. The van der Waals surface area contributed by atoms with Crippen molar-refractivity contribution < 1.29 is 14.6 Å². The fourth-order valence-corrected chi connectivity index (χ4v) is 3.12. The van der Waals surface area contributed by atoms with Crippen molar-refractivity contribution >= 4 is 17.3 Å². The number of carboxylic acid groups (broad SMARTS) is 1. The SMILES string of the molecule is Cc1csc(C2(C(=O)O)CCOCC2)c1. The molecule has 1 aromatic heterocycles. The van der Waals surface area contributed by atoms with E-state index >= 15 is 0 Å². The van der Waals surface area contributed by atoms with Crippen LogP contribution in [0.1, 0.15) is 23.3 Å². The van der Waals surface area contributed by atoms with Crippen LogP contribution in [0.4, 0.5) is 0 Å². The molecule has 0 amide bonds. The van der Waals surface area contributed by atoms with Crippen LogP contribution in [-0.4, -0.2) is 24.3 Å². The molecule has 0 aromatic carbocycles. The molecule has 15 heavy (non-hydrogen) atoms. The van der Waals surface area contributed by atoms with Crippen LogP contribution in [0, 0.1) is 6.92 Å².